The summed E-state index contributed by atoms with van der Waals surface area (Å²) in [5.41, 5.74) is 0.0744. The van der Waals surface area contributed by atoms with Gasteiger partial charge in [0.1, 0.15) is 28.7 Å². The molecule has 0 aromatic heterocycles. The Morgan fingerprint density at radius 2 is 2.17 bits per heavy atom. The van der Waals surface area contributed by atoms with Crippen LogP contribution in [0.4, 0.5) is 8.78 Å². The van der Waals surface area contributed by atoms with E-state index < -0.39 is 11.6 Å². The van der Waals surface area contributed by atoms with Crippen LogP contribution in [-0.2, 0) is 9.53 Å². The normalized spacial score (nSPS) is 17.5. The first-order valence-electron chi connectivity index (χ1n) is 7.58. The number of hydrogen-bond donors (Lipinski definition) is 0. The average Bonchev–Trinajstić information content (AvgIpc) is 2.93. The molecule has 0 aliphatic carbocycles. The molecule has 24 heavy (non-hydrogen) atoms. The van der Waals surface area contributed by atoms with Crippen LogP contribution in [0, 0.1) is 11.6 Å². The van der Waals surface area contributed by atoms with Gasteiger partial charge in [0.2, 0.25) is 0 Å². The van der Waals surface area contributed by atoms with Crippen molar-refractivity contribution in [3.8, 4) is 0 Å². The van der Waals surface area contributed by atoms with Gasteiger partial charge in [0, 0.05) is 12.7 Å². The minimum absolute atomic E-state index is 0.0744. The zero-order valence-electron chi connectivity index (χ0n) is 14.0. The van der Waals surface area contributed by atoms with E-state index >= 15 is 0 Å². The van der Waals surface area contributed by atoms with Crippen molar-refractivity contribution < 1.29 is 18.3 Å². The molecule has 1 amide bonds. The predicted molar refractivity (Wildman–Crippen MR) is 90.8 cm³/mol. The van der Waals surface area contributed by atoms with Crippen molar-refractivity contribution in [2.45, 2.75) is 18.2 Å². The van der Waals surface area contributed by atoms with Gasteiger partial charge in [-0.2, -0.15) is 5.10 Å². The van der Waals surface area contributed by atoms with Crippen molar-refractivity contribution in [2.24, 2.45) is 5.10 Å². The number of benzene rings is 1. The summed E-state index contributed by atoms with van der Waals surface area (Å²) < 4.78 is 32.3. The van der Waals surface area contributed by atoms with Crippen molar-refractivity contribution in [3.63, 3.8) is 0 Å². The Kier molecular flexibility index (Phi) is 6.70. The SMILES string of the molecule is COCC(=O)N1N=C(c2cc(F)ccc2F)SC1CCCN(C)C. The summed E-state index contributed by atoms with van der Waals surface area (Å²) in [7, 11) is 5.37. The highest BCUT2D eigenvalue weighted by atomic mass is 32.2. The van der Waals surface area contributed by atoms with E-state index in [9.17, 15) is 13.6 Å². The molecule has 1 atom stereocenters. The van der Waals surface area contributed by atoms with Crippen LogP contribution in [0.3, 0.4) is 0 Å². The second kappa shape index (κ2) is 8.55. The third-order valence-corrected chi connectivity index (χ3v) is 4.69. The highest BCUT2D eigenvalue weighted by molar-refractivity contribution is 8.15. The van der Waals surface area contributed by atoms with E-state index in [4.69, 9.17) is 4.74 Å². The maximum Gasteiger partial charge on any atom is 0.269 e. The number of carbonyl (C=O) groups is 1. The zero-order chi connectivity index (χ0) is 17.7. The summed E-state index contributed by atoms with van der Waals surface area (Å²) in [5, 5.41) is 5.61. The van der Waals surface area contributed by atoms with E-state index in [1.165, 1.54) is 23.9 Å². The number of rotatable bonds is 7. The molecule has 1 aromatic rings. The molecular formula is C16H21F2N3O2S. The molecule has 1 aliphatic heterocycles. The van der Waals surface area contributed by atoms with Gasteiger partial charge < -0.3 is 9.64 Å². The van der Waals surface area contributed by atoms with E-state index in [-0.39, 0.29) is 23.5 Å². The number of amides is 1. The number of methoxy groups -OCH3 is 1. The largest absolute Gasteiger partial charge is 0.375 e. The quantitative estimate of drug-likeness (QED) is 0.752. The topological polar surface area (TPSA) is 45.1 Å². The van der Waals surface area contributed by atoms with E-state index in [0.29, 0.717) is 11.5 Å². The molecule has 2 rings (SSSR count). The number of nitrogens with zero attached hydrogens (tertiary/aromatic N) is 3. The summed E-state index contributed by atoms with van der Waals surface area (Å²) in [4.78, 5) is 14.2. The monoisotopic (exact) mass is 357 g/mol. The van der Waals surface area contributed by atoms with Crippen LogP contribution in [-0.4, -0.2) is 60.6 Å². The van der Waals surface area contributed by atoms with E-state index in [1.807, 2.05) is 14.1 Å². The molecular weight excluding hydrogens is 336 g/mol. The fourth-order valence-electron chi connectivity index (χ4n) is 2.31. The summed E-state index contributed by atoms with van der Waals surface area (Å²) in [6, 6.07) is 3.22. The van der Waals surface area contributed by atoms with Gasteiger partial charge in [-0.05, 0) is 51.7 Å². The van der Waals surface area contributed by atoms with Gasteiger partial charge in [-0.25, -0.2) is 13.8 Å². The third kappa shape index (κ3) is 4.75. The first-order valence-corrected chi connectivity index (χ1v) is 8.46. The molecule has 0 fully saturated rings. The highest BCUT2D eigenvalue weighted by Gasteiger charge is 2.33. The standard InChI is InChI=1S/C16H21F2N3O2S/c1-20(2)8-4-5-15-21(14(22)10-23-3)19-16(24-15)12-9-11(17)6-7-13(12)18/h6-7,9,15H,4-5,8,10H2,1-3H3. The molecule has 0 radical (unpaired) electrons. The zero-order valence-corrected chi connectivity index (χ0v) is 14.8. The van der Waals surface area contributed by atoms with Crippen LogP contribution >= 0.6 is 11.8 Å². The Hall–Kier alpha value is -1.51. The molecule has 1 aromatic carbocycles. The average molecular weight is 357 g/mol. The van der Waals surface area contributed by atoms with E-state index in [2.05, 4.69) is 10.0 Å². The lowest BCUT2D eigenvalue weighted by atomic mass is 10.2. The molecule has 5 nitrogen and oxygen atoms in total. The molecule has 0 saturated carbocycles. The van der Waals surface area contributed by atoms with Gasteiger partial charge in [-0.3, -0.25) is 4.79 Å². The second-order valence-corrected chi connectivity index (χ2v) is 6.89. The fourth-order valence-corrected chi connectivity index (χ4v) is 3.54. The molecule has 8 heteroatoms. The van der Waals surface area contributed by atoms with Crippen molar-refractivity contribution >= 4 is 22.7 Å². The van der Waals surface area contributed by atoms with Crippen LogP contribution in [0.25, 0.3) is 0 Å². The number of hydrogen-bond acceptors (Lipinski definition) is 5. The van der Waals surface area contributed by atoms with Gasteiger partial charge in [-0.15, -0.1) is 0 Å². The molecule has 1 unspecified atom stereocenters. The van der Waals surface area contributed by atoms with Gasteiger partial charge >= 0.3 is 0 Å². The lowest BCUT2D eigenvalue weighted by molar-refractivity contribution is -0.135. The minimum atomic E-state index is -0.560. The molecule has 0 bridgehead atoms. The van der Waals surface area contributed by atoms with Crippen LogP contribution in [0.5, 0.6) is 0 Å². The lowest BCUT2D eigenvalue weighted by Crippen LogP contribution is -2.34. The van der Waals surface area contributed by atoms with Crippen LogP contribution in [0.15, 0.2) is 23.3 Å². The molecule has 0 spiro atoms. The number of ether oxygens (including phenoxy) is 1. The number of hydrazone groups is 1. The molecule has 132 valence electrons. The molecule has 1 aliphatic rings. The van der Waals surface area contributed by atoms with Gasteiger partial charge in [0.05, 0.1) is 0 Å². The molecule has 0 N–H and O–H groups in total. The van der Waals surface area contributed by atoms with Crippen molar-refractivity contribution in [2.75, 3.05) is 34.4 Å². The van der Waals surface area contributed by atoms with Gasteiger partial charge in [0.15, 0.2) is 0 Å². The van der Waals surface area contributed by atoms with Crippen molar-refractivity contribution in [3.05, 3.63) is 35.4 Å². The second-order valence-electron chi connectivity index (χ2n) is 5.72. The highest BCUT2D eigenvalue weighted by Crippen LogP contribution is 2.33. The third-order valence-electron chi connectivity index (χ3n) is 3.46. The Bertz CT molecular complexity index is 625. The van der Waals surface area contributed by atoms with Gasteiger partial charge in [0.25, 0.3) is 5.91 Å². The first kappa shape index (κ1) is 18.8. The predicted octanol–water partition coefficient (Wildman–Crippen LogP) is 2.52. The number of halogens is 2. The summed E-state index contributed by atoms with van der Waals surface area (Å²) in [5.74, 6) is -1.40. The Balaban J connectivity index is 2.19. The Morgan fingerprint density at radius 1 is 1.42 bits per heavy atom. The summed E-state index contributed by atoms with van der Waals surface area (Å²) >= 11 is 1.27. The molecule has 1 heterocycles. The fraction of sp³-hybridized carbons (Fsp3) is 0.500. The smallest absolute Gasteiger partial charge is 0.269 e. The Morgan fingerprint density at radius 3 is 2.83 bits per heavy atom. The minimum Gasteiger partial charge on any atom is -0.375 e. The van der Waals surface area contributed by atoms with Crippen LogP contribution in [0.2, 0.25) is 0 Å². The summed E-state index contributed by atoms with van der Waals surface area (Å²) in [6.07, 6.45) is 1.55. The first-order chi connectivity index (χ1) is 11.4. The van der Waals surface area contributed by atoms with Crippen molar-refractivity contribution in [1.29, 1.82) is 0 Å². The van der Waals surface area contributed by atoms with Gasteiger partial charge in [-0.1, -0.05) is 11.8 Å². The van der Waals surface area contributed by atoms with Crippen LogP contribution in [0.1, 0.15) is 18.4 Å². The lowest BCUT2D eigenvalue weighted by Gasteiger charge is -2.21. The van der Waals surface area contributed by atoms with E-state index in [1.54, 1.807) is 0 Å². The number of carbonyl (C=O) groups excluding carboxylic acids is 1. The van der Waals surface area contributed by atoms with Crippen LogP contribution < -0.4 is 0 Å². The molecule has 0 saturated heterocycles. The maximum absolute atomic E-state index is 14.0. The van der Waals surface area contributed by atoms with E-state index in [0.717, 1.165) is 31.2 Å². The Labute approximate surface area is 144 Å². The number of thioether (sulfide) groups is 1. The summed E-state index contributed by atoms with van der Waals surface area (Å²) in [6.45, 7) is 0.764. The maximum atomic E-state index is 14.0. The van der Waals surface area contributed by atoms with Crippen molar-refractivity contribution in [1.82, 2.24) is 9.91 Å².